The zero-order valence-electron chi connectivity index (χ0n) is 11.8. The Labute approximate surface area is 119 Å². The average Bonchev–Trinajstić information content (AvgIpc) is 2.45. The van der Waals surface area contributed by atoms with Gasteiger partial charge >= 0.3 is 11.9 Å². The van der Waals surface area contributed by atoms with Crippen LogP contribution in [0, 0.1) is 5.92 Å². The minimum atomic E-state index is -3.47. The van der Waals surface area contributed by atoms with Crippen molar-refractivity contribution in [3.8, 4) is 0 Å². The predicted molar refractivity (Wildman–Crippen MR) is 71.3 cm³/mol. The van der Waals surface area contributed by atoms with Crippen LogP contribution in [-0.4, -0.2) is 57.2 Å². The maximum absolute atomic E-state index is 12.0. The number of rotatable bonds is 6. The van der Waals surface area contributed by atoms with Crippen LogP contribution in [0.4, 0.5) is 0 Å². The summed E-state index contributed by atoms with van der Waals surface area (Å²) in [5, 5.41) is 0. The van der Waals surface area contributed by atoms with Crippen LogP contribution in [0.5, 0.6) is 0 Å². The van der Waals surface area contributed by atoms with E-state index in [1.54, 1.807) is 6.92 Å². The highest BCUT2D eigenvalue weighted by Crippen LogP contribution is 2.21. The number of methoxy groups -OCH3 is 1. The number of piperidine rings is 1. The molecular weight excluding hydrogens is 286 g/mol. The van der Waals surface area contributed by atoms with Gasteiger partial charge in [-0.05, 0) is 19.8 Å². The van der Waals surface area contributed by atoms with Crippen molar-refractivity contribution < 1.29 is 27.5 Å². The fraction of sp³-hybridized carbons (Fsp3) is 0.833. The van der Waals surface area contributed by atoms with E-state index in [4.69, 9.17) is 4.74 Å². The third-order valence-corrected chi connectivity index (χ3v) is 5.13. The van der Waals surface area contributed by atoms with Gasteiger partial charge < -0.3 is 9.47 Å². The van der Waals surface area contributed by atoms with Crippen molar-refractivity contribution in [2.45, 2.75) is 26.2 Å². The van der Waals surface area contributed by atoms with Gasteiger partial charge in [0, 0.05) is 13.1 Å². The summed E-state index contributed by atoms with van der Waals surface area (Å²) in [4.78, 5) is 22.5. The van der Waals surface area contributed by atoms with Crippen LogP contribution in [0.25, 0.3) is 0 Å². The molecule has 0 aromatic rings. The van der Waals surface area contributed by atoms with Gasteiger partial charge in [0.05, 0.1) is 31.8 Å². The SMILES string of the molecule is CCOC(=O)C1CCN(S(=O)(=O)CCC(=O)OC)CC1. The molecular formula is C12H21NO6S. The highest BCUT2D eigenvalue weighted by Gasteiger charge is 2.31. The van der Waals surface area contributed by atoms with Crippen LogP contribution in [0.2, 0.25) is 0 Å². The van der Waals surface area contributed by atoms with E-state index < -0.39 is 16.0 Å². The van der Waals surface area contributed by atoms with E-state index >= 15 is 0 Å². The summed E-state index contributed by atoms with van der Waals surface area (Å²) in [6.45, 7) is 2.64. The molecule has 1 saturated heterocycles. The maximum Gasteiger partial charge on any atom is 0.309 e. The molecule has 0 aliphatic carbocycles. The minimum Gasteiger partial charge on any atom is -0.469 e. The van der Waals surface area contributed by atoms with Crippen molar-refractivity contribution in [1.82, 2.24) is 4.31 Å². The largest absolute Gasteiger partial charge is 0.469 e. The smallest absolute Gasteiger partial charge is 0.309 e. The molecule has 0 radical (unpaired) electrons. The highest BCUT2D eigenvalue weighted by molar-refractivity contribution is 7.89. The first-order valence-electron chi connectivity index (χ1n) is 6.62. The van der Waals surface area contributed by atoms with Gasteiger partial charge in [0.1, 0.15) is 0 Å². The first-order valence-corrected chi connectivity index (χ1v) is 8.23. The number of nitrogens with zero attached hydrogens (tertiary/aromatic N) is 1. The lowest BCUT2D eigenvalue weighted by atomic mass is 9.98. The normalized spacial score (nSPS) is 17.7. The second-order valence-corrected chi connectivity index (χ2v) is 6.66. The Hall–Kier alpha value is -1.15. The van der Waals surface area contributed by atoms with Crippen molar-refractivity contribution in [3.63, 3.8) is 0 Å². The topological polar surface area (TPSA) is 90.0 Å². The maximum atomic E-state index is 12.0. The molecule has 20 heavy (non-hydrogen) atoms. The van der Waals surface area contributed by atoms with Gasteiger partial charge in [-0.25, -0.2) is 12.7 Å². The monoisotopic (exact) mass is 307 g/mol. The molecule has 8 heteroatoms. The second kappa shape index (κ2) is 7.58. The molecule has 1 fully saturated rings. The van der Waals surface area contributed by atoms with E-state index in [0.717, 1.165) is 0 Å². The fourth-order valence-corrected chi connectivity index (χ4v) is 3.52. The van der Waals surface area contributed by atoms with Gasteiger partial charge in [-0.1, -0.05) is 0 Å². The quantitative estimate of drug-likeness (QED) is 0.649. The zero-order chi connectivity index (χ0) is 15.2. The number of ether oxygens (including phenoxy) is 2. The van der Waals surface area contributed by atoms with Crippen LogP contribution in [0.3, 0.4) is 0 Å². The van der Waals surface area contributed by atoms with Crippen LogP contribution in [0.1, 0.15) is 26.2 Å². The van der Waals surface area contributed by atoms with Crippen LogP contribution >= 0.6 is 0 Å². The summed E-state index contributed by atoms with van der Waals surface area (Å²) in [5.41, 5.74) is 0. The Morgan fingerprint density at radius 2 is 1.85 bits per heavy atom. The average molecular weight is 307 g/mol. The number of carbonyl (C=O) groups excluding carboxylic acids is 2. The van der Waals surface area contributed by atoms with E-state index in [1.165, 1.54) is 11.4 Å². The summed E-state index contributed by atoms with van der Waals surface area (Å²) in [5.74, 6) is -1.31. The summed E-state index contributed by atoms with van der Waals surface area (Å²) in [6.07, 6.45) is 0.753. The van der Waals surface area contributed by atoms with Crippen LogP contribution < -0.4 is 0 Å². The van der Waals surface area contributed by atoms with Crippen LogP contribution in [0.15, 0.2) is 0 Å². The number of carbonyl (C=O) groups is 2. The number of sulfonamides is 1. The van der Waals surface area contributed by atoms with Gasteiger partial charge in [0.25, 0.3) is 0 Å². The fourth-order valence-electron chi connectivity index (χ4n) is 2.07. The third-order valence-electron chi connectivity index (χ3n) is 3.26. The zero-order valence-corrected chi connectivity index (χ0v) is 12.6. The van der Waals surface area contributed by atoms with Crippen molar-refractivity contribution in [3.05, 3.63) is 0 Å². The standard InChI is InChI=1S/C12H21NO6S/c1-3-19-12(15)10-4-7-13(8-5-10)20(16,17)9-6-11(14)18-2/h10H,3-9H2,1-2H3. The van der Waals surface area contributed by atoms with Crippen molar-refractivity contribution in [1.29, 1.82) is 0 Å². The Morgan fingerprint density at radius 1 is 1.25 bits per heavy atom. The molecule has 0 atom stereocenters. The van der Waals surface area contributed by atoms with E-state index in [2.05, 4.69) is 4.74 Å². The van der Waals surface area contributed by atoms with Crippen molar-refractivity contribution in [2.75, 3.05) is 32.6 Å². The molecule has 0 bridgehead atoms. The van der Waals surface area contributed by atoms with Gasteiger partial charge in [0.2, 0.25) is 10.0 Å². The molecule has 0 saturated carbocycles. The Kier molecular flexibility index (Phi) is 6.41. The summed E-state index contributed by atoms with van der Waals surface area (Å²) in [6, 6.07) is 0. The molecule has 1 aliphatic rings. The van der Waals surface area contributed by atoms with Gasteiger partial charge in [-0.15, -0.1) is 0 Å². The first-order chi connectivity index (χ1) is 9.40. The molecule has 7 nitrogen and oxygen atoms in total. The molecule has 0 aromatic carbocycles. The summed E-state index contributed by atoms with van der Waals surface area (Å²) in [7, 11) is -2.25. The van der Waals surface area contributed by atoms with E-state index in [9.17, 15) is 18.0 Å². The molecule has 0 unspecified atom stereocenters. The second-order valence-electron chi connectivity index (χ2n) is 4.57. The Bertz CT molecular complexity index is 439. The lowest BCUT2D eigenvalue weighted by molar-refractivity contribution is -0.149. The highest BCUT2D eigenvalue weighted by atomic mass is 32.2. The number of esters is 2. The van der Waals surface area contributed by atoms with E-state index in [0.29, 0.717) is 19.4 Å². The molecule has 1 rings (SSSR count). The first kappa shape index (κ1) is 16.9. The number of hydrogen-bond acceptors (Lipinski definition) is 6. The minimum absolute atomic E-state index is 0.156. The summed E-state index contributed by atoms with van der Waals surface area (Å²) < 4.78 is 34.7. The lowest BCUT2D eigenvalue weighted by Crippen LogP contribution is -2.41. The van der Waals surface area contributed by atoms with Gasteiger partial charge in [-0.2, -0.15) is 0 Å². The Morgan fingerprint density at radius 3 is 2.35 bits per heavy atom. The Balaban J connectivity index is 2.47. The van der Waals surface area contributed by atoms with Crippen molar-refractivity contribution in [2.24, 2.45) is 5.92 Å². The molecule has 1 aliphatic heterocycles. The van der Waals surface area contributed by atoms with E-state index in [-0.39, 0.29) is 37.2 Å². The van der Waals surface area contributed by atoms with Gasteiger partial charge in [-0.3, -0.25) is 9.59 Å². The molecule has 0 amide bonds. The van der Waals surface area contributed by atoms with Crippen LogP contribution in [-0.2, 0) is 29.1 Å². The molecule has 0 spiro atoms. The molecule has 0 aromatic heterocycles. The molecule has 116 valence electrons. The van der Waals surface area contributed by atoms with E-state index in [1.807, 2.05) is 0 Å². The predicted octanol–water partition coefficient (Wildman–Crippen LogP) is 0.154. The number of hydrogen-bond donors (Lipinski definition) is 0. The summed E-state index contributed by atoms with van der Waals surface area (Å²) >= 11 is 0. The lowest BCUT2D eigenvalue weighted by Gasteiger charge is -2.29. The third kappa shape index (κ3) is 4.75. The van der Waals surface area contributed by atoms with Crippen molar-refractivity contribution >= 4 is 22.0 Å². The molecule has 1 heterocycles. The molecule has 0 N–H and O–H groups in total. The van der Waals surface area contributed by atoms with Gasteiger partial charge in [0.15, 0.2) is 0 Å².